The maximum Gasteiger partial charge on any atom is 0.215 e. The average Bonchev–Trinajstić information content (AvgIpc) is 3.13. The van der Waals surface area contributed by atoms with Gasteiger partial charge in [-0.15, -0.1) is 5.10 Å². The van der Waals surface area contributed by atoms with Crippen molar-refractivity contribution in [3.8, 4) is 0 Å². The van der Waals surface area contributed by atoms with Gasteiger partial charge >= 0.3 is 0 Å². The highest BCUT2D eigenvalue weighted by Gasteiger charge is 2.23. The fourth-order valence-corrected chi connectivity index (χ4v) is 1.97. The van der Waals surface area contributed by atoms with Crippen molar-refractivity contribution in [1.82, 2.24) is 15.0 Å². The minimum atomic E-state index is -0.209. The largest absolute Gasteiger partial charge is 0.287 e. The van der Waals surface area contributed by atoms with Gasteiger partial charge in [-0.1, -0.05) is 35.5 Å². The lowest BCUT2D eigenvalue weighted by Gasteiger charge is -2.02. The van der Waals surface area contributed by atoms with Gasteiger partial charge in [-0.05, 0) is 6.92 Å². The number of nitrogens with zero attached hydrogens (tertiary/aromatic N) is 5. The number of carbonyl (C=O) groups excluding carboxylic acids is 1. The van der Waals surface area contributed by atoms with Gasteiger partial charge in [0.15, 0.2) is 17.2 Å². The van der Waals surface area contributed by atoms with Crippen molar-refractivity contribution in [1.29, 1.82) is 5.41 Å². The van der Waals surface area contributed by atoms with E-state index >= 15 is 0 Å². The third kappa shape index (κ3) is 2.11. The van der Waals surface area contributed by atoms with Gasteiger partial charge in [-0.2, -0.15) is 4.68 Å². The number of hydrogen-bond donors (Lipinski definition) is 1. The summed E-state index contributed by atoms with van der Waals surface area (Å²) in [6, 6.07) is 8.86. The molecular formula is C14H10N6O. The molecule has 1 aliphatic rings. The predicted octanol–water partition coefficient (Wildman–Crippen LogP) is 1.24. The third-order valence-electron chi connectivity index (χ3n) is 3.04. The van der Waals surface area contributed by atoms with Gasteiger partial charge in [0.2, 0.25) is 5.78 Å². The molecule has 0 saturated heterocycles. The van der Waals surface area contributed by atoms with Crippen LogP contribution in [0.2, 0.25) is 0 Å². The molecule has 0 atom stereocenters. The number of benzene rings is 1. The Hall–Kier alpha value is -3.18. The second kappa shape index (κ2) is 5.07. The van der Waals surface area contributed by atoms with E-state index in [1.54, 1.807) is 31.2 Å². The highest BCUT2D eigenvalue weighted by atomic mass is 16.1. The molecule has 0 spiro atoms. The first kappa shape index (κ1) is 12.8. The number of rotatable bonds is 2. The number of allylic oxidation sites excluding steroid dienone is 1. The van der Waals surface area contributed by atoms with Crippen LogP contribution in [0.5, 0.6) is 0 Å². The third-order valence-corrected chi connectivity index (χ3v) is 3.04. The second-order valence-corrected chi connectivity index (χ2v) is 4.30. The van der Waals surface area contributed by atoms with Crippen molar-refractivity contribution in [2.75, 3.05) is 0 Å². The molecule has 0 aliphatic carbocycles. The molecule has 21 heavy (non-hydrogen) atoms. The lowest BCUT2D eigenvalue weighted by molar-refractivity contribution is 0.103. The van der Waals surface area contributed by atoms with Crippen LogP contribution < -0.4 is 0 Å². The van der Waals surface area contributed by atoms with Gasteiger partial charge in [0.1, 0.15) is 6.34 Å². The smallest absolute Gasteiger partial charge is 0.215 e. The molecule has 2 heterocycles. The number of ketones is 1. The number of hydrogen-bond acceptors (Lipinski definition) is 6. The van der Waals surface area contributed by atoms with Crippen molar-refractivity contribution >= 4 is 23.8 Å². The van der Waals surface area contributed by atoms with Crippen molar-refractivity contribution < 1.29 is 4.79 Å². The second-order valence-electron chi connectivity index (χ2n) is 4.30. The molecule has 1 N–H and O–H groups in total. The minimum absolute atomic E-state index is 0.209. The average molecular weight is 278 g/mol. The Kier molecular flexibility index (Phi) is 3.10. The SMILES string of the molecule is Cc1c(C(=O)c2ccccc2)nnn1C1=NC=NC1=C=N. The fourth-order valence-electron chi connectivity index (χ4n) is 1.97. The standard InChI is InChI=1S/C14H10N6O/c1-9-12(13(21)10-5-3-2-4-6-10)18-19-20(9)14-11(7-15)16-8-17-14/h2-6,8,15H,1H3. The van der Waals surface area contributed by atoms with Crippen molar-refractivity contribution in [3.05, 3.63) is 53.0 Å². The van der Waals surface area contributed by atoms with Crippen LogP contribution in [0.4, 0.5) is 0 Å². The van der Waals surface area contributed by atoms with Crippen LogP contribution in [0, 0.1) is 12.3 Å². The molecular weight excluding hydrogens is 268 g/mol. The van der Waals surface area contributed by atoms with Gasteiger partial charge in [-0.3, -0.25) is 10.2 Å². The molecule has 0 fully saturated rings. The van der Waals surface area contributed by atoms with Crippen LogP contribution in [-0.4, -0.2) is 38.8 Å². The maximum atomic E-state index is 12.4. The Balaban J connectivity index is 2.01. The van der Waals surface area contributed by atoms with E-state index in [0.29, 0.717) is 17.1 Å². The van der Waals surface area contributed by atoms with Gasteiger partial charge in [0.05, 0.1) is 5.69 Å². The van der Waals surface area contributed by atoms with E-state index in [0.717, 1.165) is 0 Å². The lowest BCUT2D eigenvalue weighted by atomic mass is 10.1. The Bertz CT molecular complexity index is 824. The molecule has 1 aromatic heterocycles. The van der Waals surface area contributed by atoms with E-state index in [1.165, 1.54) is 11.0 Å². The molecule has 0 radical (unpaired) electrons. The number of carbonyl (C=O) groups is 1. The molecule has 0 amide bonds. The van der Waals surface area contributed by atoms with E-state index in [-0.39, 0.29) is 17.2 Å². The lowest BCUT2D eigenvalue weighted by Crippen LogP contribution is -2.16. The summed E-state index contributed by atoms with van der Waals surface area (Å²) < 4.78 is 1.39. The summed E-state index contributed by atoms with van der Waals surface area (Å²) in [6.07, 6.45) is 1.31. The fraction of sp³-hybridized carbons (Fsp3) is 0.0714. The van der Waals surface area contributed by atoms with Crippen molar-refractivity contribution in [3.63, 3.8) is 0 Å². The molecule has 1 aromatic carbocycles. The van der Waals surface area contributed by atoms with E-state index in [1.807, 2.05) is 6.07 Å². The van der Waals surface area contributed by atoms with Crippen LogP contribution in [0.25, 0.3) is 0 Å². The zero-order chi connectivity index (χ0) is 14.8. The zero-order valence-corrected chi connectivity index (χ0v) is 11.1. The van der Waals surface area contributed by atoms with Crippen molar-refractivity contribution in [2.45, 2.75) is 6.92 Å². The molecule has 3 rings (SSSR count). The van der Waals surface area contributed by atoms with E-state index in [4.69, 9.17) is 5.41 Å². The van der Waals surface area contributed by atoms with Gasteiger partial charge in [0, 0.05) is 11.4 Å². The first-order valence-corrected chi connectivity index (χ1v) is 6.15. The molecule has 7 heteroatoms. The molecule has 0 unspecified atom stereocenters. The predicted molar refractivity (Wildman–Crippen MR) is 77.2 cm³/mol. The van der Waals surface area contributed by atoms with Crippen LogP contribution in [0.1, 0.15) is 21.7 Å². The quantitative estimate of drug-likeness (QED) is 0.661. The van der Waals surface area contributed by atoms with Gasteiger partial charge < -0.3 is 0 Å². The Morgan fingerprint density at radius 1 is 1.29 bits per heavy atom. The summed E-state index contributed by atoms with van der Waals surface area (Å²) in [5, 5.41) is 15.0. The highest BCUT2D eigenvalue weighted by Crippen LogP contribution is 2.14. The van der Waals surface area contributed by atoms with E-state index in [2.05, 4.69) is 26.2 Å². The number of aliphatic imine (C=N–C) groups is 2. The monoisotopic (exact) mass is 278 g/mol. The number of nitrogens with one attached hydrogen (secondary N) is 1. The molecule has 0 bridgehead atoms. The summed E-state index contributed by atoms with van der Waals surface area (Å²) in [5.41, 5.74) is 1.59. The minimum Gasteiger partial charge on any atom is -0.287 e. The summed E-state index contributed by atoms with van der Waals surface area (Å²) in [5.74, 6) is 2.30. The van der Waals surface area contributed by atoms with Crippen molar-refractivity contribution in [2.24, 2.45) is 9.98 Å². The van der Waals surface area contributed by atoms with Crippen LogP contribution in [0.3, 0.4) is 0 Å². The Morgan fingerprint density at radius 2 is 2.05 bits per heavy atom. The van der Waals surface area contributed by atoms with E-state index in [9.17, 15) is 4.79 Å². The Morgan fingerprint density at radius 3 is 2.76 bits per heavy atom. The molecule has 102 valence electrons. The normalized spacial score (nSPS) is 13.2. The first-order valence-electron chi connectivity index (χ1n) is 6.15. The van der Waals surface area contributed by atoms with Gasteiger partial charge in [0.25, 0.3) is 0 Å². The van der Waals surface area contributed by atoms with Gasteiger partial charge in [-0.25, -0.2) is 9.98 Å². The molecule has 2 aromatic rings. The highest BCUT2D eigenvalue weighted by molar-refractivity contribution is 6.13. The summed E-state index contributed by atoms with van der Waals surface area (Å²) in [6.45, 7) is 1.72. The first-order chi connectivity index (χ1) is 10.2. The summed E-state index contributed by atoms with van der Waals surface area (Å²) in [4.78, 5) is 20.3. The molecule has 7 nitrogen and oxygen atoms in total. The topological polar surface area (TPSA) is 96.3 Å². The molecule has 0 saturated carbocycles. The van der Waals surface area contributed by atoms with Crippen LogP contribution in [0.15, 0.2) is 46.0 Å². The zero-order valence-electron chi connectivity index (χ0n) is 11.1. The summed E-state index contributed by atoms with van der Waals surface area (Å²) >= 11 is 0. The molecule has 1 aliphatic heterocycles. The number of aromatic nitrogens is 3. The van der Waals surface area contributed by atoms with Crippen LogP contribution >= 0.6 is 0 Å². The summed E-state index contributed by atoms with van der Waals surface area (Å²) in [7, 11) is 0. The van der Waals surface area contributed by atoms with Crippen LogP contribution in [-0.2, 0) is 0 Å². The Labute approximate surface area is 119 Å². The maximum absolute atomic E-state index is 12.4. The van der Waals surface area contributed by atoms with E-state index < -0.39 is 0 Å².